The molecule has 0 unspecified atom stereocenters. The zero-order valence-corrected chi connectivity index (χ0v) is 17.7. The van der Waals surface area contributed by atoms with Gasteiger partial charge in [0.1, 0.15) is 5.52 Å². The number of hydrogen-bond donors (Lipinski definition) is 2. The number of rotatable bonds is 5. The zero-order chi connectivity index (χ0) is 21.3. The summed E-state index contributed by atoms with van der Waals surface area (Å²) in [4.78, 5) is 19.4. The number of H-pyrrole nitrogens is 1. The van der Waals surface area contributed by atoms with Crippen LogP contribution in [-0.2, 0) is 10.0 Å². The molecule has 4 rings (SSSR count). The summed E-state index contributed by atoms with van der Waals surface area (Å²) >= 11 is 0. The lowest BCUT2D eigenvalue weighted by Gasteiger charge is -2.25. The van der Waals surface area contributed by atoms with Crippen LogP contribution >= 0.6 is 0 Å². The molecule has 9 nitrogen and oxygen atoms in total. The van der Waals surface area contributed by atoms with E-state index in [-0.39, 0.29) is 16.7 Å². The van der Waals surface area contributed by atoms with Gasteiger partial charge in [-0.3, -0.25) is 0 Å². The van der Waals surface area contributed by atoms with Crippen molar-refractivity contribution in [3.8, 4) is 11.8 Å². The molecule has 0 spiro atoms. The molecule has 30 heavy (non-hydrogen) atoms. The number of piperidine rings is 1. The van der Waals surface area contributed by atoms with Crippen molar-refractivity contribution in [1.82, 2.24) is 19.6 Å². The molecule has 0 saturated carbocycles. The summed E-state index contributed by atoms with van der Waals surface area (Å²) in [6.45, 7) is 3.28. The summed E-state index contributed by atoms with van der Waals surface area (Å²) in [7, 11) is -2.12. The van der Waals surface area contributed by atoms with E-state index < -0.39 is 16.1 Å². The number of nitrogens with zero attached hydrogens (tertiary/aromatic N) is 2. The number of sulfonamides is 1. The predicted octanol–water partition coefficient (Wildman–Crippen LogP) is 3.01. The molecular weight excluding hydrogens is 408 g/mol. The third-order valence-electron chi connectivity index (χ3n) is 5.14. The molecule has 0 bridgehead atoms. The fourth-order valence-corrected chi connectivity index (χ4v) is 5.22. The Kier molecular flexibility index (Phi) is 5.52. The number of fused-ring (bicyclic) bond motifs is 3. The zero-order valence-electron chi connectivity index (χ0n) is 16.9. The topological polar surface area (TPSA) is 114 Å². The highest BCUT2D eigenvalue weighted by atomic mass is 32.2. The molecule has 1 amide bonds. The number of carbonyl (C=O) groups is 1. The quantitative estimate of drug-likeness (QED) is 0.641. The van der Waals surface area contributed by atoms with E-state index in [9.17, 15) is 13.2 Å². The minimum Gasteiger partial charge on any atom is -0.478 e. The minimum absolute atomic E-state index is 0.0620. The Morgan fingerprint density at radius 3 is 2.67 bits per heavy atom. The van der Waals surface area contributed by atoms with Gasteiger partial charge in [-0.25, -0.2) is 13.2 Å². The van der Waals surface area contributed by atoms with Gasteiger partial charge < -0.3 is 19.8 Å². The van der Waals surface area contributed by atoms with Crippen molar-refractivity contribution >= 4 is 37.9 Å². The summed E-state index contributed by atoms with van der Waals surface area (Å²) in [5.74, 6) is 0.348. The number of aromatic nitrogens is 2. The van der Waals surface area contributed by atoms with Crippen molar-refractivity contribution in [2.45, 2.75) is 31.1 Å². The fraction of sp³-hybridized carbons (Fsp3) is 0.400. The third-order valence-corrected chi connectivity index (χ3v) is 7.04. The first-order chi connectivity index (χ1) is 14.4. The molecular formula is C20H24N4O5S. The van der Waals surface area contributed by atoms with Crippen LogP contribution in [0.2, 0.25) is 0 Å². The van der Waals surface area contributed by atoms with E-state index in [2.05, 4.69) is 15.3 Å². The molecule has 3 heterocycles. The molecule has 0 atom stereocenters. The maximum Gasteiger partial charge on any atom is 0.413 e. The van der Waals surface area contributed by atoms with E-state index in [4.69, 9.17) is 9.47 Å². The summed E-state index contributed by atoms with van der Waals surface area (Å²) in [5.41, 5.74) is 1.20. The highest BCUT2D eigenvalue weighted by Crippen LogP contribution is 2.35. The first kappa shape index (κ1) is 20.4. The second kappa shape index (κ2) is 8.11. The Bertz CT molecular complexity index is 1200. The highest BCUT2D eigenvalue weighted by molar-refractivity contribution is 7.89. The Morgan fingerprint density at radius 2 is 1.97 bits per heavy atom. The van der Waals surface area contributed by atoms with E-state index in [0.29, 0.717) is 41.5 Å². The van der Waals surface area contributed by atoms with Crippen molar-refractivity contribution in [2.24, 2.45) is 0 Å². The molecule has 1 fully saturated rings. The van der Waals surface area contributed by atoms with Crippen LogP contribution in [0.4, 0.5) is 4.79 Å². The van der Waals surface area contributed by atoms with Gasteiger partial charge in [-0.05, 0) is 38.0 Å². The molecule has 160 valence electrons. The molecule has 10 heteroatoms. The van der Waals surface area contributed by atoms with Gasteiger partial charge in [0.25, 0.3) is 5.88 Å². The highest BCUT2D eigenvalue weighted by Gasteiger charge is 2.27. The Balaban J connectivity index is 1.86. The van der Waals surface area contributed by atoms with Crippen molar-refractivity contribution in [3.05, 3.63) is 24.3 Å². The molecule has 0 radical (unpaired) electrons. The summed E-state index contributed by atoms with van der Waals surface area (Å²) in [6, 6.07) is 6.68. The number of pyridine rings is 1. The van der Waals surface area contributed by atoms with Gasteiger partial charge in [0, 0.05) is 42.5 Å². The standard InChI is InChI=1S/C20H24N4O5S/c1-3-28-17-12-15-14-11-13(30(26,27)24-9-5-4-6-10-24)7-8-16(14)22-18(15)19(23-17)29-20(25)21-2/h7-8,11-12,22H,3-6,9-10H2,1-2H3,(H,21,25). The van der Waals surface area contributed by atoms with Gasteiger partial charge in [-0.1, -0.05) is 6.42 Å². The van der Waals surface area contributed by atoms with E-state index in [1.54, 1.807) is 28.6 Å². The van der Waals surface area contributed by atoms with Crippen molar-refractivity contribution in [1.29, 1.82) is 0 Å². The van der Waals surface area contributed by atoms with Crippen LogP contribution in [0.5, 0.6) is 11.8 Å². The van der Waals surface area contributed by atoms with Crippen LogP contribution in [-0.4, -0.2) is 55.5 Å². The SMILES string of the molecule is CCOc1cc2c([nH]c3ccc(S(=O)(=O)N4CCCCC4)cc32)c(OC(=O)NC)n1. The van der Waals surface area contributed by atoms with Crippen LogP contribution in [0.15, 0.2) is 29.2 Å². The van der Waals surface area contributed by atoms with Crippen LogP contribution in [0.3, 0.4) is 0 Å². The first-order valence-electron chi connectivity index (χ1n) is 9.93. The fourth-order valence-electron chi connectivity index (χ4n) is 3.67. The van der Waals surface area contributed by atoms with Gasteiger partial charge in [0.2, 0.25) is 15.9 Å². The molecule has 1 aliphatic heterocycles. The lowest BCUT2D eigenvalue weighted by molar-refractivity contribution is 0.201. The van der Waals surface area contributed by atoms with Crippen molar-refractivity contribution < 1.29 is 22.7 Å². The maximum atomic E-state index is 13.1. The van der Waals surface area contributed by atoms with Gasteiger partial charge in [-0.2, -0.15) is 9.29 Å². The lowest BCUT2D eigenvalue weighted by Crippen LogP contribution is -2.35. The molecule has 3 aromatic rings. The summed E-state index contributed by atoms with van der Waals surface area (Å²) in [6.07, 6.45) is 2.13. The normalized spacial score (nSPS) is 15.4. The van der Waals surface area contributed by atoms with Gasteiger partial charge >= 0.3 is 6.09 Å². The maximum absolute atomic E-state index is 13.1. The Morgan fingerprint density at radius 1 is 1.20 bits per heavy atom. The van der Waals surface area contributed by atoms with E-state index in [1.807, 2.05) is 6.92 Å². The second-order valence-electron chi connectivity index (χ2n) is 7.06. The molecule has 2 aromatic heterocycles. The summed E-state index contributed by atoms with van der Waals surface area (Å²) < 4.78 is 38.6. The molecule has 1 saturated heterocycles. The van der Waals surface area contributed by atoms with Gasteiger partial charge in [0.05, 0.1) is 11.5 Å². The number of benzene rings is 1. The second-order valence-corrected chi connectivity index (χ2v) is 9.00. The monoisotopic (exact) mass is 432 g/mol. The molecule has 1 aromatic carbocycles. The minimum atomic E-state index is -3.58. The number of aromatic amines is 1. The number of amides is 1. The van der Waals surface area contributed by atoms with Crippen LogP contribution in [0, 0.1) is 0 Å². The van der Waals surface area contributed by atoms with Gasteiger partial charge in [0.15, 0.2) is 0 Å². The molecule has 1 aliphatic rings. The molecule has 0 aliphatic carbocycles. The van der Waals surface area contributed by atoms with Crippen LogP contribution in [0.1, 0.15) is 26.2 Å². The van der Waals surface area contributed by atoms with E-state index in [1.165, 1.54) is 7.05 Å². The number of carbonyl (C=O) groups excluding carboxylic acids is 1. The first-order valence-corrected chi connectivity index (χ1v) is 11.4. The smallest absolute Gasteiger partial charge is 0.413 e. The molecule has 2 N–H and O–H groups in total. The average Bonchev–Trinajstić information content (AvgIpc) is 3.13. The number of nitrogens with one attached hydrogen (secondary N) is 2. The van der Waals surface area contributed by atoms with Crippen molar-refractivity contribution in [2.75, 3.05) is 26.7 Å². The third kappa shape index (κ3) is 3.68. The summed E-state index contributed by atoms with van der Waals surface area (Å²) in [5, 5.41) is 3.74. The Labute approximate surface area is 174 Å². The predicted molar refractivity (Wildman–Crippen MR) is 112 cm³/mol. The van der Waals surface area contributed by atoms with Crippen LogP contribution < -0.4 is 14.8 Å². The van der Waals surface area contributed by atoms with E-state index >= 15 is 0 Å². The van der Waals surface area contributed by atoms with Crippen molar-refractivity contribution in [3.63, 3.8) is 0 Å². The average molecular weight is 433 g/mol. The van der Waals surface area contributed by atoms with E-state index in [0.717, 1.165) is 19.3 Å². The van der Waals surface area contributed by atoms with Crippen LogP contribution in [0.25, 0.3) is 21.8 Å². The number of ether oxygens (including phenoxy) is 2. The number of hydrogen-bond acceptors (Lipinski definition) is 6. The van der Waals surface area contributed by atoms with Gasteiger partial charge in [-0.15, -0.1) is 0 Å². The lowest BCUT2D eigenvalue weighted by atomic mass is 10.2. The Hall–Kier alpha value is -2.85. The largest absolute Gasteiger partial charge is 0.478 e.